The lowest BCUT2D eigenvalue weighted by atomic mass is 10.3. The number of halogens is 1. The van der Waals surface area contributed by atoms with Crippen LogP contribution in [0, 0.1) is 12.3 Å². The average molecular weight is 205 g/mol. The van der Waals surface area contributed by atoms with Crippen LogP contribution in [0.25, 0.3) is 10.9 Å². The first-order chi connectivity index (χ1) is 6.81. The van der Waals surface area contributed by atoms with Crippen LogP contribution in [0.15, 0.2) is 24.4 Å². The van der Waals surface area contributed by atoms with Crippen molar-refractivity contribution in [2.24, 2.45) is 0 Å². The number of nitrogens with zero attached hydrogens (tertiary/aromatic N) is 2. The lowest BCUT2D eigenvalue weighted by molar-refractivity contribution is 0.637. The molecule has 0 fully saturated rings. The second-order valence-electron chi connectivity index (χ2n) is 3.02. The Labute approximate surface area is 87.5 Å². The summed E-state index contributed by atoms with van der Waals surface area (Å²) in [7, 11) is 0. The first kappa shape index (κ1) is 9.11. The van der Waals surface area contributed by atoms with Crippen LogP contribution < -0.4 is 0 Å². The lowest BCUT2D eigenvalue weighted by Crippen LogP contribution is -1.96. The number of aromatic nitrogens is 2. The summed E-state index contributed by atoms with van der Waals surface area (Å²) in [5, 5.41) is 6.07. The summed E-state index contributed by atoms with van der Waals surface area (Å²) in [6.45, 7) is 0.738. The molecule has 0 bridgehead atoms. The van der Waals surface area contributed by atoms with Gasteiger partial charge < -0.3 is 0 Å². The Morgan fingerprint density at radius 1 is 1.50 bits per heavy atom. The number of hydrogen-bond donors (Lipinski definition) is 0. The standard InChI is InChI=1S/C11H9ClN2/c1-2-3-7-14-8-9-5-4-6-10(12)11(9)13-14/h1,4-6,8H,3,7H2. The van der Waals surface area contributed by atoms with Gasteiger partial charge in [0.2, 0.25) is 0 Å². The van der Waals surface area contributed by atoms with Crippen LogP contribution in [-0.4, -0.2) is 9.78 Å². The predicted molar refractivity (Wildman–Crippen MR) is 58.2 cm³/mol. The van der Waals surface area contributed by atoms with Gasteiger partial charge in [0, 0.05) is 18.0 Å². The van der Waals surface area contributed by atoms with Gasteiger partial charge in [0.1, 0.15) is 5.52 Å². The van der Waals surface area contributed by atoms with Crippen molar-refractivity contribution in [3.63, 3.8) is 0 Å². The van der Waals surface area contributed by atoms with E-state index in [1.165, 1.54) is 0 Å². The second-order valence-corrected chi connectivity index (χ2v) is 3.43. The van der Waals surface area contributed by atoms with Crippen LogP contribution in [0.3, 0.4) is 0 Å². The molecule has 0 atom stereocenters. The largest absolute Gasteiger partial charge is 0.271 e. The molecule has 0 saturated carbocycles. The molecule has 0 aliphatic carbocycles. The Bertz CT molecular complexity index is 493. The molecule has 0 N–H and O–H groups in total. The highest BCUT2D eigenvalue weighted by atomic mass is 35.5. The van der Waals surface area contributed by atoms with Gasteiger partial charge >= 0.3 is 0 Å². The van der Waals surface area contributed by atoms with Crippen molar-refractivity contribution in [1.29, 1.82) is 0 Å². The first-order valence-corrected chi connectivity index (χ1v) is 4.74. The van der Waals surface area contributed by atoms with Crippen molar-refractivity contribution >= 4 is 22.5 Å². The van der Waals surface area contributed by atoms with Crippen molar-refractivity contribution in [2.75, 3.05) is 0 Å². The second kappa shape index (κ2) is 3.73. The molecule has 3 heteroatoms. The van der Waals surface area contributed by atoms with E-state index in [0.717, 1.165) is 17.4 Å². The van der Waals surface area contributed by atoms with Crippen molar-refractivity contribution in [3.8, 4) is 12.3 Å². The predicted octanol–water partition coefficient (Wildman–Crippen LogP) is 2.71. The van der Waals surface area contributed by atoms with Crippen LogP contribution in [0.2, 0.25) is 5.02 Å². The molecule has 0 aliphatic rings. The van der Waals surface area contributed by atoms with Gasteiger partial charge in [-0.3, -0.25) is 4.68 Å². The van der Waals surface area contributed by atoms with Gasteiger partial charge in [0.05, 0.1) is 11.6 Å². The number of fused-ring (bicyclic) bond motifs is 1. The average Bonchev–Trinajstić information content (AvgIpc) is 2.59. The third-order valence-electron chi connectivity index (χ3n) is 2.02. The van der Waals surface area contributed by atoms with Gasteiger partial charge in [0.25, 0.3) is 0 Å². The van der Waals surface area contributed by atoms with Crippen molar-refractivity contribution in [3.05, 3.63) is 29.4 Å². The minimum absolute atomic E-state index is 0.682. The van der Waals surface area contributed by atoms with Crippen LogP contribution in [0.1, 0.15) is 6.42 Å². The Balaban J connectivity index is 2.42. The Hall–Kier alpha value is -1.46. The van der Waals surface area contributed by atoms with Crippen LogP contribution in [0.5, 0.6) is 0 Å². The quantitative estimate of drug-likeness (QED) is 0.688. The first-order valence-electron chi connectivity index (χ1n) is 4.36. The summed E-state index contributed by atoms with van der Waals surface area (Å²) >= 11 is 5.99. The van der Waals surface area contributed by atoms with Crippen molar-refractivity contribution in [1.82, 2.24) is 9.78 Å². The third kappa shape index (κ3) is 1.59. The summed E-state index contributed by atoms with van der Waals surface area (Å²) in [6.07, 6.45) is 7.83. The molecule has 0 saturated heterocycles. The number of hydrogen-bond acceptors (Lipinski definition) is 1. The molecular weight excluding hydrogens is 196 g/mol. The van der Waals surface area contributed by atoms with Gasteiger partial charge in [-0.1, -0.05) is 23.7 Å². The van der Waals surface area contributed by atoms with E-state index in [9.17, 15) is 0 Å². The highest BCUT2D eigenvalue weighted by Crippen LogP contribution is 2.21. The van der Waals surface area contributed by atoms with E-state index in [4.69, 9.17) is 18.0 Å². The molecule has 0 amide bonds. The summed E-state index contributed by atoms with van der Waals surface area (Å²) < 4.78 is 1.83. The van der Waals surface area contributed by atoms with E-state index in [2.05, 4.69) is 11.0 Å². The van der Waals surface area contributed by atoms with Crippen molar-refractivity contribution in [2.45, 2.75) is 13.0 Å². The van der Waals surface area contributed by atoms with E-state index in [0.29, 0.717) is 11.4 Å². The van der Waals surface area contributed by atoms with Crippen LogP contribution in [-0.2, 0) is 6.54 Å². The molecule has 1 aromatic carbocycles. The molecule has 2 rings (SSSR count). The van der Waals surface area contributed by atoms with Crippen LogP contribution in [0.4, 0.5) is 0 Å². The smallest absolute Gasteiger partial charge is 0.111 e. The Morgan fingerprint density at radius 2 is 2.36 bits per heavy atom. The lowest BCUT2D eigenvalue weighted by Gasteiger charge is -1.93. The molecule has 14 heavy (non-hydrogen) atoms. The number of benzene rings is 1. The van der Waals surface area contributed by atoms with E-state index < -0.39 is 0 Å². The molecular formula is C11H9ClN2. The fourth-order valence-electron chi connectivity index (χ4n) is 1.35. The van der Waals surface area contributed by atoms with E-state index in [1.54, 1.807) is 0 Å². The zero-order valence-electron chi connectivity index (χ0n) is 7.57. The maximum absolute atomic E-state index is 5.99. The zero-order chi connectivity index (χ0) is 9.97. The highest BCUT2D eigenvalue weighted by Gasteiger charge is 2.02. The normalized spacial score (nSPS) is 10.3. The fourth-order valence-corrected chi connectivity index (χ4v) is 1.57. The van der Waals surface area contributed by atoms with E-state index >= 15 is 0 Å². The highest BCUT2D eigenvalue weighted by molar-refractivity contribution is 6.35. The summed E-state index contributed by atoms with van der Waals surface area (Å²) in [4.78, 5) is 0. The summed E-state index contributed by atoms with van der Waals surface area (Å²) in [5.74, 6) is 2.58. The van der Waals surface area contributed by atoms with Gasteiger partial charge in [-0.25, -0.2) is 0 Å². The maximum atomic E-state index is 5.99. The molecule has 2 aromatic rings. The summed E-state index contributed by atoms with van der Waals surface area (Å²) in [6, 6.07) is 5.74. The molecule has 1 aromatic heterocycles. The minimum Gasteiger partial charge on any atom is -0.271 e. The molecule has 0 unspecified atom stereocenters. The number of terminal acetylenes is 1. The SMILES string of the molecule is C#CCCn1cc2cccc(Cl)c2n1. The van der Waals surface area contributed by atoms with Crippen LogP contribution >= 0.6 is 11.6 Å². The molecule has 0 aliphatic heterocycles. The van der Waals surface area contributed by atoms with Gasteiger partial charge in [-0.2, -0.15) is 5.10 Å². The molecule has 2 nitrogen and oxygen atoms in total. The van der Waals surface area contributed by atoms with Gasteiger partial charge in [0.15, 0.2) is 0 Å². The summed E-state index contributed by atoms with van der Waals surface area (Å²) in [5.41, 5.74) is 0.839. The van der Waals surface area contributed by atoms with Gasteiger partial charge in [-0.05, 0) is 6.07 Å². The number of rotatable bonds is 2. The monoisotopic (exact) mass is 204 g/mol. The third-order valence-corrected chi connectivity index (χ3v) is 2.32. The van der Waals surface area contributed by atoms with Gasteiger partial charge in [-0.15, -0.1) is 12.3 Å². The zero-order valence-corrected chi connectivity index (χ0v) is 8.33. The molecule has 70 valence electrons. The molecule has 0 radical (unpaired) electrons. The van der Waals surface area contributed by atoms with E-state index in [1.807, 2.05) is 29.1 Å². The minimum atomic E-state index is 0.682. The Kier molecular flexibility index (Phi) is 2.43. The van der Waals surface area contributed by atoms with Crippen molar-refractivity contribution < 1.29 is 0 Å². The fraction of sp³-hybridized carbons (Fsp3) is 0.182. The molecule has 1 heterocycles. The number of aryl methyl sites for hydroxylation is 1. The maximum Gasteiger partial charge on any atom is 0.111 e. The molecule has 0 spiro atoms. The van der Waals surface area contributed by atoms with E-state index in [-0.39, 0.29) is 0 Å². The topological polar surface area (TPSA) is 17.8 Å². The Morgan fingerprint density at radius 3 is 3.07 bits per heavy atom.